The highest BCUT2D eigenvalue weighted by molar-refractivity contribution is 5.98. The number of benzene rings is 2. The van der Waals surface area contributed by atoms with E-state index in [0.717, 1.165) is 12.2 Å². The van der Waals surface area contributed by atoms with Crippen LogP contribution in [0.2, 0.25) is 0 Å². The highest BCUT2D eigenvalue weighted by atomic mass is 16.5. The van der Waals surface area contributed by atoms with Crippen molar-refractivity contribution in [2.24, 2.45) is 0 Å². The van der Waals surface area contributed by atoms with Crippen molar-refractivity contribution in [1.29, 1.82) is 0 Å². The number of carbonyl (C=O) groups excluding carboxylic acids is 2. The summed E-state index contributed by atoms with van der Waals surface area (Å²) in [4.78, 5) is 28.8. The van der Waals surface area contributed by atoms with Crippen LogP contribution in [-0.4, -0.2) is 56.1 Å². The van der Waals surface area contributed by atoms with Crippen molar-refractivity contribution in [3.05, 3.63) is 60.2 Å². The second-order valence-electron chi connectivity index (χ2n) is 6.38. The van der Waals surface area contributed by atoms with Gasteiger partial charge in [-0.05, 0) is 37.3 Å². The van der Waals surface area contributed by atoms with E-state index in [-0.39, 0.29) is 18.4 Å². The monoisotopic (exact) mass is 367 g/mol. The van der Waals surface area contributed by atoms with Gasteiger partial charge in [0, 0.05) is 36.6 Å². The van der Waals surface area contributed by atoms with Crippen molar-refractivity contribution >= 4 is 23.2 Å². The molecule has 2 aromatic rings. The highest BCUT2D eigenvalue weighted by Gasteiger charge is 2.19. The first kappa shape index (κ1) is 18.9. The number of amides is 2. The number of hydrogen-bond donors (Lipinski definition) is 1. The van der Waals surface area contributed by atoms with Crippen LogP contribution < -0.4 is 10.2 Å². The van der Waals surface area contributed by atoms with Crippen molar-refractivity contribution in [2.75, 3.05) is 49.6 Å². The third-order valence-electron chi connectivity index (χ3n) is 4.53. The molecule has 0 aromatic heterocycles. The number of likely N-dealkylation sites (N-methyl/N-ethyl adjacent to an activating group) is 1. The van der Waals surface area contributed by atoms with E-state index in [2.05, 4.69) is 5.32 Å². The van der Waals surface area contributed by atoms with Crippen molar-refractivity contribution in [2.45, 2.75) is 6.92 Å². The van der Waals surface area contributed by atoms with Crippen LogP contribution in [-0.2, 0) is 9.53 Å². The number of nitrogens with zero attached hydrogens (tertiary/aromatic N) is 2. The van der Waals surface area contributed by atoms with Gasteiger partial charge in [-0.1, -0.05) is 24.3 Å². The molecule has 0 radical (unpaired) electrons. The predicted molar refractivity (Wildman–Crippen MR) is 106 cm³/mol. The third kappa shape index (κ3) is 5.08. The minimum Gasteiger partial charge on any atom is -0.378 e. The van der Waals surface area contributed by atoms with Crippen molar-refractivity contribution in [3.8, 4) is 0 Å². The molecule has 0 saturated carbocycles. The van der Waals surface area contributed by atoms with Crippen LogP contribution in [0.1, 0.15) is 17.3 Å². The van der Waals surface area contributed by atoms with Gasteiger partial charge in [-0.2, -0.15) is 0 Å². The standard InChI is InChI=1S/C21H25N3O3/c1-2-23(19-9-4-3-5-10-19)16-20(25)22-18-8-6-7-17(15-18)21(26)24-11-13-27-14-12-24/h3-10,15H,2,11-14,16H2,1H3,(H,22,25). The van der Waals surface area contributed by atoms with Gasteiger partial charge in [0.15, 0.2) is 0 Å². The van der Waals surface area contributed by atoms with Gasteiger partial charge in [0.25, 0.3) is 5.91 Å². The molecule has 0 atom stereocenters. The Kier molecular flexibility index (Phi) is 6.44. The number of anilines is 2. The summed E-state index contributed by atoms with van der Waals surface area (Å²) in [7, 11) is 0. The van der Waals surface area contributed by atoms with Crippen LogP contribution in [0.3, 0.4) is 0 Å². The minimum atomic E-state index is -0.114. The lowest BCUT2D eigenvalue weighted by atomic mass is 10.1. The molecule has 1 N–H and O–H groups in total. The number of carbonyl (C=O) groups is 2. The first-order valence-corrected chi connectivity index (χ1v) is 9.24. The quantitative estimate of drug-likeness (QED) is 0.853. The van der Waals surface area contributed by atoms with Crippen molar-refractivity contribution < 1.29 is 14.3 Å². The van der Waals surface area contributed by atoms with Gasteiger partial charge < -0.3 is 19.9 Å². The van der Waals surface area contributed by atoms with E-state index in [0.29, 0.717) is 37.6 Å². The summed E-state index contributed by atoms with van der Waals surface area (Å²) in [5.41, 5.74) is 2.21. The van der Waals surface area contributed by atoms with Crippen LogP contribution >= 0.6 is 0 Å². The van der Waals surface area contributed by atoms with Crippen LogP contribution in [0.15, 0.2) is 54.6 Å². The maximum atomic E-state index is 12.6. The predicted octanol–water partition coefficient (Wildman–Crippen LogP) is 2.62. The maximum Gasteiger partial charge on any atom is 0.254 e. The van der Waals surface area contributed by atoms with Crippen LogP contribution in [0.4, 0.5) is 11.4 Å². The lowest BCUT2D eigenvalue weighted by Crippen LogP contribution is -2.40. The molecule has 1 saturated heterocycles. The fraction of sp³-hybridized carbons (Fsp3) is 0.333. The van der Waals surface area contributed by atoms with E-state index in [4.69, 9.17) is 4.74 Å². The Morgan fingerprint density at radius 3 is 2.52 bits per heavy atom. The Labute approximate surface area is 159 Å². The van der Waals surface area contributed by atoms with Crippen LogP contribution in [0.25, 0.3) is 0 Å². The van der Waals surface area contributed by atoms with Crippen LogP contribution in [0.5, 0.6) is 0 Å². The largest absolute Gasteiger partial charge is 0.378 e. The molecule has 0 spiro atoms. The van der Waals surface area contributed by atoms with Gasteiger partial charge in [-0.15, -0.1) is 0 Å². The summed E-state index contributed by atoms with van der Waals surface area (Å²) in [5, 5.41) is 2.90. The molecule has 142 valence electrons. The smallest absolute Gasteiger partial charge is 0.254 e. The Morgan fingerprint density at radius 2 is 1.81 bits per heavy atom. The molecule has 27 heavy (non-hydrogen) atoms. The van der Waals surface area contributed by atoms with Gasteiger partial charge in [0.05, 0.1) is 19.8 Å². The van der Waals surface area contributed by atoms with E-state index in [1.54, 1.807) is 29.2 Å². The van der Waals surface area contributed by atoms with Crippen LogP contribution in [0, 0.1) is 0 Å². The molecule has 1 heterocycles. The molecule has 0 aliphatic carbocycles. The Hall–Kier alpha value is -2.86. The van der Waals surface area contributed by atoms with Crippen molar-refractivity contribution in [1.82, 2.24) is 4.90 Å². The summed E-state index contributed by atoms with van der Waals surface area (Å²) in [6.07, 6.45) is 0. The highest BCUT2D eigenvalue weighted by Crippen LogP contribution is 2.15. The third-order valence-corrected chi connectivity index (χ3v) is 4.53. The zero-order valence-corrected chi connectivity index (χ0v) is 15.6. The molecule has 1 aliphatic rings. The second kappa shape index (κ2) is 9.19. The molecule has 0 unspecified atom stereocenters. The summed E-state index contributed by atoms with van der Waals surface area (Å²) in [6, 6.07) is 16.9. The molecule has 6 nitrogen and oxygen atoms in total. The van der Waals surface area contributed by atoms with E-state index in [1.165, 1.54) is 0 Å². The average molecular weight is 367 g/mol. The number of hydrogen-bond acceptors (Lipinski definition) is 4. The first-order valence-electron chi connectivity index (χ1n) is 9.24. The van der Waals surface area contributed by atoms with E-state index in [9.17, 15) is 9.59 Å². The van der Waals surface area contributed by atoms with E-state index >= 15 is 0 Å². The Morgan fingerprint density at radius 1 is 1.07 bits per heavy atom. The van der Waals surface area contributed by atoms with E-state index < -0.39 is 0 Å². The molecular formula is C21H25N3O3. The molecular weight excluding hydrogens is 342 g/mol. The lowest BCUT2D eigenvalue weighted by molar-refractivity contribution is -0.115. The molecule has 2 aromatic carbocycles. The fourth-order valence-electron chi connectivity index (χ4n) is 3.08. The molecule has 2 amide bonds. The van der Waals surface area contributed by atoms with Gasteiger partial charge in [0.1, 0.15) is 0 Å². The van der Waals surface area contributed by atoms with Crippen molar-refractivity contribution in [3.63, 3.8) is 0 Å². The normalized spacial score (nSPS) is 13.9. The topological polar surface area (TPSA) is 61.9 Å². The SMILES string of the molecule is CCN(CC(=O)Nc1cccc(C(=O)N2CCOCC2)c1)c1ccccc1. The molecule has 1 fully saturated rings. The zero-order valence-electron chi connectivity index (χ0n) is 15.6. The molecule has 0 bridgehead atoms. The summed E-state index contributed by atoms with van der Waals surface area (Å²) in [6.45, 7) is 5.32. The number of morpholine rings is 1. The van der Waals surface area contributed by atoms with E-state index in [1.807, 2.05) is 42.2 Å². The molecule has 6 heteroatoms. The minimum absolute atomic E-state index is 0.0335. The van der Waals surface area contributed by atoms with Gasteiger partial charge >= 0.3 is 0 Å². The Bertz CT molecular complexity index is 773. The number of para-hydroxylation sites is 1. The summed E-state index contributed by atoms with van der Waals surface area (Å²) < 4.78 is 5.29. The molecule has 1 aliphatic heterocycles. The van der Waals surface area contributed by atoms with Gasteiger partial charge in [0.2, 0.25) is 5.91 Å². The van der Waals surface area contributed by atoms with Gasteiger partial charge in [-0.3, -0.25) is 9.59 Å². The zero-order chi connectivity index (χ0) is 19.1. The fourth-order valence-corrected chi connectivity index (χ4v) is 3.08. The number of ether oxygens (including phenoxy) is 1. The number of rotatable bonds is 6. The first-order chi connectivity index (χ1) is 13.2. The second-order valence-corrected chi connectivity index (χ2v) is 6.38. The Balaban J connectivity index is 1.63. The number of nitrogens with one attached hydrogen (secondary N) is 1. The summed E-state index contributed by atoms with van der Waals surface area (Å²) >= 11 is 0. The lowest BCUT2D eigenvalue weighted by Gasteiger charge is -2.27. The maximum absolute atomic E-state index is 12.6. The van der Waals surface area contributed by atoms with Gasteiger partial charge in [-0.25, -0.2) is 0 Å². The average Bonchev–Trinajstić information content (AvgIpc) is 2.73. The molecule has 3 rings (SSSR count). The summed E-state index contributed by atoms with van der Waals surface area (Å²) in [5.74, 6) is -0.148.